The number of tetrazole rings is 1. The minimum atomic E-state index is -0.710. The van der Waals surface area contributed by atoms with Crippen molar-refractivity contribution in [3.8, 4) is 10.7 Å². The largest absolute Gasteiger partial charge is 0.464 e. The molecule has 0 spiro atoms. The normalized spacial score (nSPS) is 11.9. The lowest BCUT2D eigenvalue weighted by molar-refractivity contribution is -0.147. The summed E-state index contributed by atoms with van der Waals surface area (Å²) in [7, 11) is 0. The highest BCUT2D eigenvalue weighted by Gasteiger charge is 2.17. The molecule has 0 aliphatic carbocycles. The number of nitrogens with one attached hydrogen (secondary N) is 1. The van der Waals surface area contributed by atoms with Crippen LogP contribution in [-0.2, 0) is 20.9 Å². The Kier molecular flexibility index (Phi) is 4.99. The third-order valence-electron chi connectivity index (χ3n) is 2.50. The van der Waals surface area contributed by atoms with E-state index in [0.717, 1.165) is 4.88 Å². The Labute approximate surface area is 125 Å². The predicted octanol–water partition coefficient (Wildman–Crippen LogP) is 0.469. The van der Waals surface area contributed by atoms with Gasteiger partial charge in [0.2, 0.25) is 11.7 Å². The van der Waals surface area contributed by atoms with E-state index in [0.29, 0.717) is 5.82 Å². The first kappa shape index (κ1) is 15.1. The minimum absolute atomic E-state index is 0.109. The third-order valence-corrected chi connectivity index (χ3v) is 3.36. The lowest BCUT2D eigenvalue weighted by atomic mass is 10.3. The highest BCUT2D eigenvalue weighted by Crippen LogP contribution is 2.19. The van der Waals surface area contributed by atoms with Gasteiger partial charge in [0.05, 0.1) is 11.5 Å². The molecule has 2 aromatic heterocycles. The van der Waals surface area contributed by atoms with Gasteiger partial charge in [0.1, 0.15) is 12.6 Å². The van der Waals surface area contributed by atoms with E-state index in [1.54, 1.807) is 13.8 Å². The Morgan fingerprint density at radius 2 is 2.33 bits per heavy atom. The molecular weight excluding hydrogens is 294 g/mol. The molecule has 0 aliphatic rings. The van der Waals surface area contributed by atoms with Crippen LogP contribution in [0.4, 0.5) is 0 Å². The van der Waals surface area contributed by atoms with E-state index in [1.165, 1.54) is 16.1 Å². The first-order valence-corrected chi connectivity index (χ1v) is 7.25. The zero-order valence-corrected chi connectivity index (χ0v) is 12.5. The number of hydrogen-bond donors (Lipinski definition) is 1. The highest BCUT2D eigenvalue weighted by molar-refractivity contribution is 7.13. The van der Waals surface area contributed by atoms with Crippen LogP contribution < -0.4 is 5.32 Å². The van der Waals surface area contributed by atoms with Crippen molar-refractivity contribution < 1.29 is 14.3 Å². The molecule has 2 heterocycles. The van der Waals surface area contributed by atoms with E-state index in [1.807, 2.05) is 17.5 Å². The number of carbonyl (C=O) groups excluding carboxylic acids is 2. The van der Waals surface area contributed by atoms with Crippen molar-refractivity contribution in [2.75, 3.05) is 6.61 Å². The average molecular weight is 309 g/mol. The van der Waals surface area contributed by atoms with Crippen molar-refractivity contribution in [1.29, 1.82) is 0 Å². The van der Waals surface area contributed by atoms with Crippen LogP contribution in [0.2, 0.25) is 0 Å². The molecule has 112 valence electrons. The fourth-order valence-electron chi connectivity index (χ4n) is 1.56. The average Bonchev–Trinajstić information content (AvgIpc) is 3.08. The number of esters is 1. The molecule has 1 N–H and O–H groups in total. The second kappa shape index (κ2) is 6.93. The van der Waals surface area contributed by atoms with E-state index in [-0.39, 0.29) is 19.1 Å². The van der Waals surface area contributed by atoms with Crippen molar-refractivity contribution in [2.24, 2.45) is 0 Å². The highest BCUT2D eigenvalue weighted by atomic mass is 32.1. The van der Waals surface area contributed by atoms with E-state index < -0.39 is 12.0 Å². The maximum atomic E-state index is 11.8. The van der Waals surface area contributed by atoms with Crippen LogP contribution in [0.25, 0.3) is 10.7 Å². The molecule has 2 rings (SSSR count). The third kappa shape index (κ3) is 4.09. The summed E-state index contributed by atoms with van der Waals surface area (Å²) >= 11 is 1.49. The Bertz CT molecular complexity index is 610. The molecule has 21 heavy (non-hydrogen) atoms. The van der Waals surface area contributed by atoms with Gasteiger partial charge in [0.25, 0.3) is 0 Å². The maximum absolute atomic E-state index is 11.8. The van der Waals surface area contributed by atoms with Gasteiger partial charge in [-0.3, -0.25) is 4.79 Å². The molecule has 0 saturated carbocycles. The van der Waals surface area contributed by atoms with Gasteiger partial charge in [-0.05, 0) is 30.5 Å². The summed E-state index contributed by atoms with van der Waals surface area (Å²) in [5.74, 6) is -0.390. The van der Waals surface area contributed by atoms with E-state index in [2.05, 4.69) is 20.7 Å². The summed E-state index contributed by atoms with van der Waals surface area (Å²) in [6.07, 6.45) is 0. The van der Waals surface area contributed by atoms with Gasteiger partial charge in [-0.2, -0.15) is 4.80 Å². The predicted molar refractivity (Wildman–Crippen MR) is 75.4 cm³/mol. The summed E-state index contributed by atoms with van der Waals surface area (Å²) in [6, 6.07) is 3.04. The Morgan fingerprint density at radius 1 is 1.52 bits per heavy atom. The van der Waals surface area contributed by atoms with Crippen LogP contribution in [0.1, 0.15) is 13.8 Å². The number of amides is 1. The minimum Gasteiger partial charge on any atom is -0.464 e. The smallest absolute Gasteiger partial charge is 0.328 e. The topological polar surface area (TPSA) is 99.0 Å². The standard InChI is InChI=1S/C12H15N5O3S/c1-3-20-12(19)8(2)13-10(18)7-17-15-11(14-16-17)9-5-4-6-21-9/h4-6,8H,3,7H2,1-2H3,(H,13,18). The zero-order chi connectivity index (χ0) is 15.2. The molecule has 1 amide bonds. The summed E-state index contributed by atoms with van der Waals surface area (Å²) in [4.78, 5) is 25.2. The van der Waals surface area contributed by atoms with Crippen LogP contribution in [-0.4, -0.2) is 44.7 Å². The fourth-order valence-corrected chi connectivity index (χ4v) is 2.20. The molecule has 1 unspecified atom stereocenters. The molecule has 9 heteroatoms. The van der Waals surface area contributed by atoms with Crippen molar-refractivity contribution in [3.63, 3.8) is 0 Å². The Hall–Kier alpha value is -2.29. The molecule has 0 bridgehead atoms. The number of rotatable bonds is 6. The van der Waals surface area contributed by atoms with Gasteiger partial charge in [0, 0.05) is 0 Å². The van der Waals surface area contributed by atoms with Crippen LogP contribution >= 0.6 is 11.3 Å². The first-order chi connectivity index (χ1) is 10.1. The number of carbonyl (C=O) groups is 2. The monoisotopic (exact) mass is 309 g/mol. The lowest BCUT2D eigenvalue weighted by Gasteiger charge is -2.11. The van der Waals surface area contributed by atoms with Gasteiger partial charge >= 0.3 is 5.97 Å². The van der Waals surface area contributed by atoms with Crippen LogP contribution in [0.15, 0.2) is 17.5 Å². The van der Waals surface area contributed by atoms with Crippen LogP contribution in [0.3, 0.4) is 0 Å². The Morgan fingerprint density at radius 3 is 3.00 bits per heavy atom. The number of hydrogen-bond acceptors (Lipinski definition) is 7. The van der Waals surface area contributed by atoms with Gasteiger partial charge in [0.15, 0.2) is 0 Å². The Balaban J connectivity index is 1.90. The fraction of sp³-hybridized carbons (Fsp3) is 0.417. The van der Waals surface area contributed by atoms with E-state index >= 15 is 0 Å². The number of nitrogens with zero attached hydrogens (tertiary/aromatic N) is 4. The second-order valence-electron chi connectivity index (χ2n) is 4.16. The lowest BCUT2D eigenvalue weighted by Crippen LogP contribution is -2.41. The number of aromatic nitrogens is 4. The van der Waals surface area contributed by atoms with Crippen molar-refractivity contribution in [3.05, 3.63) is 17.5 Å². The van der Waals surface area contributed by atoms with Crippen LogP contribution in [0, 0.1) is 0 Å². The zero-order valence-electron chi connectivity index (χ0n) is 11.6. The summed E-state index contributed by atoms with van der Waals surface area (Å²) < 4.78 is 4.81. The van der Waals surface area contributed by atoms with Gasteiger partial charge in [-0.25, -0.2) is 4.79 Å². The van der Waals surface area contributed by atoms with E-state index in [4.69, 9.17) is 4.74 Å². The molecule has 0 aromatic carbocycles. The molecule has 0 radical (unpaired) electrons. The maximum Gasteiger partial charge on any atom is 0.328 e. The SMILES string of the molecule is CCOC(=O)C(C)NC(=O)Cn1nnc(-c2cccs2)n1. The molecule has 0 fully saturated rings. The quantitative estimate of drug-likeness (QED) is 0.779. The molecule has 8 nitrogen and oxygen atoms in total. The van der Waals surface area contributed by atoms with Gasteiger partial charge in [-0.15, -0.1) is 21.5 Å². The first-order valence-electron chi connectivity index (χ1n) is 6.38. The van der Waals surface area contributed by atoms with Crippen molar-refractivity contribution >= 4 is 23.2 Å². The molecule has 1 atom stereocenters. The molecule has 0 saturated heterocycles. The van der Waals surface area contributed by atoms with E-state index in [9.17, 15) is 9.59 Å². The van der Waals surface area contributed by atoms with Crippen molar-refractivity contribution in [2.45, 2.75) is 26.4 Å². The summed E-state index contributed by atoms with van der Waals surface area (Å²) in [5.41, 5.74) is 0. The molecule has 2 aromatic rings. The molecule has 0 aliphatic heterocycles. The van der Waals surface area contributed by atoms with Gasteiger partial charge in [-0.1, -0.05) is 6.07 Å². The molecular formula is C12H15N5O3S. The van der Waals surface area contributed by atoms with Gasteiger partial charge < -0.3 is 10.1 Å². The second-order valence-corrected chi connectivity index (χ2v) is 5.11. The van der Waals surface area contributed by atoms with Crippen molar-refractivity contribution in [1.82, 2.24) is 25.5 Å². The summed E-state index contributed by atoms with van der Waals surface area (Å²) in [5, 5.41) is 16.2. The number of thiophene rings is 1. The van der Waals surface area contributed by atoms with Crippen LogP contribution in [0.5, 0.6) is 0 Å². The summed E-state index contributed by atoms with van der Waals surface area (Å²) in [6.45, 7) is 3.43. The number of ether oxygens (including phenoxy) is 1.